The molecule has 3 aromatic carbocycles. The van der Waals surface area contributed by atoms with E-state index in [-0.39, 0.29) is 24.3 Å². The van der Waals surface area contributed by atoms with E-state index in [1.54, 1.807) is 24.7 Å². The van der Waals surface area contributed by atoms with Gasteiger partial charge < -0.3 is 20.7 Å². The molecule has 8 nitrogen and oxygen atoms in total. The number of anilines is 2. The first-order valence-corrected chi connectivity index (χ1v) is 14.4. The van der Waals surface area contributed by atoms with Gasteiger partial charge in [0.05, 0.1) is 23.3 Å². The number of carbonyl (C=O) groups excluding carboxylic acids is 1. The maximum absolute atomic E-state index is 15.5. The van der Waals surface area contributed by atoms with Crippen LogP contribution in [0.3, 0.4) is 0 Å². The van der Waals surface area contributed by atoms with E-state index in [0.29, 0.717) is 51.9 Å². The van der Waals surface area contributed by atoms with Crippen LogP contribution in [0.2, 0.25) is 5.02 Å². The van der Waals surface area contributed by atoms with Crippen LogP contribution in [-0.2, 0) is 11.3 Å². The lowest BCUT2D eigenvalue weighted by Gasteiger charge is -2.18. The SMILES string of the molecule is COc1cc(-c2cccc(-c3cccc(Nc4nccc5nccnc45)c3Cl)c2C)cc(F)c1CNCC1CCC(=O)N1. The Morgan fingerprint density at radius 3 is 2.63 bits per heavy atom. The molecular formula is C33H30ClFN6O2. The molecule has 10 heteroatoms. The molecule has 1 fully saturated rings. The lowest BCUT2D eigenvalue weighted by Crippen LogP contribution is -2.35. The summed E-state index contributed by atoms with van der Waals surface area (Å²) >= 11 is 6.98. The molecule has 1 amide bonds. The molecule has 1 aliphatic heterocycles. The fourth-order valence-corrected chi connectivity index (χ4v) is 5.79. The van der Waals surface area contributed by atoms with Gasteiger partial charge in [-0.15, -0.1) is 0 Å². The molecule has 218 valence electrons. The summed E-state index contributed by atoms with van der Waals surface area (Å²) < 4.78 is 21.1. The summed E-state index contributed by atoms with van der Waals surface area (Å²) in [6.07, 6.45) is 6.24. The number of nitrogens with one attached hydrogen (secondary N) is 3. The molecule has 1 saturated heterocycles. The van der Waals surface area contributed by atoms with Crippen molar-refractivity contribution in [3.63, 3.8) is 0 Å². The molecule has 0 saturated carbocycles. The van der Waals surface area contributed by atoms with Gasteiger partial charge in [-0.1, -0.05) is 41.9 Å². The Morgan fingerprint density at radius 2 is 1.81 bits per heavy atom. The highest BCUT2D eigenvalue weighted by molar-refractivity contribution is 6.36. The Hall–Kier alpha value is -4.60. The lowest BCUT2D eigenvalue weighted by molar-refractivity contribution is -0.119. The summed E-state index contributed by atoms with van der Waals surface area (Å²) in [5, 5.41) is 10.0. The second kappa shape index (κ2) is 12.3. The zero-order valence-electron chi connectivity index (χ0n) is 23.7. The van der Waals surface area contributed by atoms with E-state index in [1.807, 2.05) is 49.4 Å². The molecule has 43 heavy (non-hydrogen) atoms. The normalized spacial score (nSPS) is 14.6. The van der Waals surface area contributed by atoms with Crippen LogP contribution >= 0.6 is 11.6 Å². The van der Waals surface area contributed by atoms with Crippen LogP contribution in [0.15, 0.2) is 73.2 Å². The van der Waals surface area contributed by atoms with Crippen LogP contribution < -0.4 is 20.7 Å². The summed E-state index contributed by atoms with van der Waals surface area (Å²) in [4.78, 5) is 24.7. The van der Waals surface area contributed by atoms with Crippen molar-refractivity contribution in [2.24, 2.45) is 0 Å². The van der Waals surface area contributed by atoms with Crippen LogP contribution in [0.25, 0.3) is 33.3 Å². The van der Waals surface area contributed by atoms with Crippen LogP contribution in [0.5, 0.6) is 5.75 Å². The number of carbonyl (C=O) groups is 1. The van der Waals surface area contributed by atoms with Crippen LogP contribution in [0.4, 0.5) is 15.9 Å². The minimum Gasteiger partial charge on any atom is -0.496 e. The standard InChI is InChI=1S/C33H30ClFN6O2/c1-19-22(20-15-26(35)25(29(16-20)43-2)18-36-17-21-9-10-30(42)40-21)5-3-6-23(19)24-7-4-8-27(31(24)34)41-33-32-28(11-12-39-33)37-13-14-38-32/h3-8,11-16,21,36H,9-10,17-18H2,1-2H3,(H,39,41)(H,40,42). The minimum absolute atomic E-state index is 0.0541. The molecule has 0 radical (unpaired) electrons. The molecule has 0 spiro atoms. The number of aromatic nitrogens is 3. The van der Waals surface area contributed by atoms with Crippen molar-refractivity contribution >= 4 is 40.0 Å². The van der Waals surface area contributed by atoms with E-state index in [0.717, 1.165) is 34.2 Å². The molecule has 6 rings (SSSR count). The number of amides is 1. The van der Waals surface area contributed by atoms with E-state index in [9.17, 15) is 4.79 Å². The molecule has 1 aliphatic rings. The Bertz CT molecular complexity index is 1830. The highest BCUT2D eigenvalue weighted by atomic mass is 35.5. The van der Waals surface area contributed by atoms with Crippen molar-refractivity contribution in [3.05, 3.63) is 95.2 Å². The number of ether oxygens (including phenoxy) is 1. The molecule has 1 unspecified atom stereocenters. The monoisotopic (exact) mass is 596 g/mol. The topological polar surface area (TPSA) is 101 Å². The molecule has 3 N–H and O–H groups in total. The number of methoxy groups -OCH3 is 1. The Kier molecular flexibility index (Phi) is 8.18. The zero-order chi connectivity index (χ0) is 29.9. The van der Waals surface area contributed by atoms with Crippen molar-refractivity contribution in [2.75, 3.05) is 19.0 Å². The predicted octanol–water partition coefficient (Wildman–Crippen LogP) is 6.58. The second-order valence-corrected chi connectivity index (χ2v) is 10.8. The van der Waals surface area contributed by atoms with E-state index in [2.05, 4.69) is 30.9 Å². The Morgan fingerprint density at radius 1 is 1.02 bits per heavy atom. The molecule has 3 heterocycles. The largest absolute Gasteiger partial charge is 0.496 e. The number of benzene rings is 3. The third kappa shape index (κ3) is 5.86. The molecule has 5 aromatic rings. The van der Waals surface area contributed by atoms with Gasteiger partial charge in [-0.2, -0.15) is 0 Å². The summed E-state index contributed by atoms with van der Waals surface area (Å²) in [7, 11) is 1.54. The lowest BCUT2D eigenvalue weighted by atomic mass is 9.91. The van der Waals surface area contributed by atoms with Crippen molar-refractivity contribution < 1.29 is 13.9 Å². The third-order valence-electron chi connectivity index (χ3n) is 7.73. The van der Waals surface area contributed by atoms with Gasteiger partial charge in [0, 0.05) is 55.3 Å². The molecular weight excluding hydrogens is 567 g/mol. The first-order valence-electron chi connectivity index (χ1n) is 14.0. The maximum Gasteiger partial charge on any atom is 0.220 e. The fraction of sp³-hybridized carbons (Fsp3) is 0.212. The number of hydrogen-bond acceptors (Lipinski definition) is 7. The molecule has 2 aromatic heterocycles. The summed E-state index contributed by atoms with van der Waals surface area (Å²) in [5.41, 5.74) is 6.74. The number of rotatable bonds is 9. The van der Waals surface area contributed by atoms with Crippen LogP contribution in [0, 0.1) is 12.7 Å². The number of hydrogen-bond donors (Lipinski definition) is 3. The van der Waals surface area contributed by atoms with Gasteiger partial charge in [0.1, 0.15) is 17.1 Å². The highest BCUT2D eigenvalue weighted by Gasteiger charge is 2.21. The highest BCUT2D eigenvalue weighted by Crippen LogP contribution is 2.40. The third-order valence-corrected chi connectivity index (χ3v) is 8.13. The van der Waals surface area contributed by atoms with Gasteiger partial charge in [0.25, 0.3) is 0 Å². The number of nitrogens with zero attached hydrogens (tertiary/aromatic N) is 3. The van der Waals surface area contributed by atoms with Crippen molar-refractivity contribution in [2.45, 2.75) is 32.4 Å². The Balaban J connectivity index is 1.29. The van der Waals surface area contributed by atoms with Crippen molar-refractivity contribution in [1.29, 1.82) is 0 Å². The van der Waals surface area contributed by atoms with Gasteiger partial charge in [-0.05, 0) is 59.9 Å². The Labute approximate surface area is 253 Å². The molecule has 0 bridgehead atoms. The first-order chi connectivity index (χ1) is 20.9. The second-order valence-electron chi connectivity index (χ2n) is 10.4. The van der Waals surface area contributed by atoms with Crippen molar-refractivity contribution in [1.82, 2.24) is 25.6 Å². The minimum atomic E-state index is -0.364. The molecule has 0 aliphatic carbocycles. The van der Waals surface area contributed by atoms with E-state index in [1.165, 1.54) is 13.2 Å². The quantitative estimate of drug-likeness (QED) is 0.177. The summed E-state index contributed by atoms with van der Waals surface area (Å²) in [6.45, 7) is 2.85. The van der Waals surface area contributed by atoms with Gasteiger partial charge in [-0.3, -0.25) is 9.78 Å². The molecule has 1 atom stereocenters. The maximum atomic E-state index is 15.5. The van der Waals surface area contributed by atoms with E-state index < -0.39 is 0 Å². The van der Waals surface area contributed by atoms with Gasteiger partial charge in [-0.25, -0.2) is 14.4 Å². The fourth-order valence-electron chi connectivity index (χ4n) is 5.51. The smallest absolute Gasteiger partial charge is 0.220 e. The van der Waals surface area contributed by atoms with Gasteiger partial charge >= 0.3 is 0 Å². The number of fused-ring (bicyclic) bond motifs is 1. The first kappa shape index (κ1) is 28.5. The van der Waals surface area contributed by atoms with E-state index >= 15 is 4.39 Å². The van der Waals surface area contributed by atoms with Gasteiger partial charge in [0.2, 0.25) is 5.91 Å². The van der Waals surface area contributed by atoms with Gasteiger partial charge in [0.15, 0.2) is 5.82 Å². The zero-order valence-corrected chi connectivity index (χ0v) is 24.5. The van der Waals surface area contributed by atoms with E-state index in [4.69, 9.17) is 16.3 Å². The average Bonchev–Trinajstić information content (AvgIpc) is 3.44. The van der Waals surface area contributed by atoms with Crippen molar-refractivity contribution in [3.8, 4) is 28.0 Å². The van der Waals surface area contributed by atoms with Crippen LogP contribution in [0.1, 0.15) is 24.0 Å². The number of halogens is 2. The number of pyridine rings is 1. The van der Waals surface area contributed by atoms with Crippen LogP contribution in [-0.4, -0.2) is 40.6 Å². The summed E-state index contributed by atoms with van der Waals surface area (Å²) in [6, 6.07) is 16.9. The predicted molar refractivity (Wildman–Crippen MR) is 167 cm³/mol. The average molecular weight is 597 g/mol. The summed E-state index contributed by atoms with van der Waals surface area (Å²) in [5.74, 6) is 0.702.